The van der Waals surface area contributed by atoms with Crippen LogP contribution in [0.2, 0.25) is 0 Å². The fraction of sp³-hybridized carbons (Fsp3) is 0.0204. The SMILES string of the molecule is Brc1ccc2c(c1)C13c4ccccc4-c4cccc(c41)-c1cccc-2c13.c1ccc(N(c2ccc3c(c2)C24c5ccccc5-c5cccc(c52)-c2cccc-3c24)c2ccc3c4ccccc4n(-c4ccccc4)c3c2)cc1.c1ccc(Nc2ccc3c4ccccc4n(-c4ccccc4)c3c2)cc1. The second-order valence-electron chi connectivity index (χ2n) is 27.9. The van der Waals surface area contributed by atoms with Gasteiger partial charge >= 0.3 is 0 Å². The van der Waals surface area contributed by atoms with Gasteiger partial charge in [0.2, 0.25) is 0 Å². The third kappa shape index (κ3) is 8.00. The zero-order valence-corrected chi connectivity index (χ0v) is 57.4. The van der Waals surface area contributed by atoms with Crippen LogP contribution in [-0.2, 0) is 10.8 Å². The summed E-state index contributed by atoms with van der Waals surface area (Å²) in [5, 5.41) is 8.56. The normalized spacial score (nSPS) is 15.3. The number of nitrogens with one attached hydrogen (secondary N) is 1. The molecule has 4 nitrogen and oxygen atoms in total. The first-order valence-corrected chi connectivity index (χ1v) is 36.4. The fourth-order valence-electron chi connectivity index (χ4n) is 19.2. The van der Waals surface area contributed by atoms with Crippen molar-refractivity contribution in [3.63, 3.8) is 0 Å². The molecule has 103 heavy (non-hydrogen) atoms. The Morgan fingerprint density at radius 1 is 0.233 bits per heavy atom. The van der Waals surface area contributed by atoms with Gasteiger partial charge < -0.3 is 19.4 Å². The summed E-state index contributed by atoms with van der Waals surface area (Å²) in [5.74, 6) is 0. The molecule has 2 spiro atoms. The van der Waals surface area contributed by atoms with E-state index in [-0.39, 0.29) is 10.8 Å². The number of hydrogen-bond donors (Lipinski definition) is 1. The van der Waals surface area contributed by atoms with Gasteiger partial charge in [0.15, 0.2) is 0 Å². The Hall–Kier alpha value is -12.8. The van der Waals surface area contributed by atoms with Gasteiger partial charge in [-0.1, -0.05) is 271 Å². The Labute approximate surface area is 605 Å². The Morgan fingerprint density at radius 3 is 1.11 bits per heavy atom. The minimum atomic E-state index is -0.328. The number of fused-ring (bicyclic) bond motifs is 16. The van der Waals surface area contributed by atoms with Crippen molar-refractivity contribution in [2.45, 2.75) is 10.8 Å². The maximum Gasteiger partial charge on any atom is 0.0738 e. The molecule has 16 aromatic carbocycles. The van der Waals surface area contributed by atoms with Gasteiger partial charge in [-0.3, -0.25) is 0 Å². The van der Waals surface area contributed by atoms with Crippen LogP contribution in [0, 0.1) is 0 Å². The molecular formula is C98H61BrN4. The van der Waals surface area contributed by atoms with E-state index in [4.69, 9.17) is 0 Å². The highest BCUT2D eigenvalue weighted by Gasteiger charge is 2.59. The quantitative estimate of drug-likeness (QED) is 0.172. The number of para-hydroxylation sites is 6. The molecule has 2 unspecified atom stereocenters. The van der Waals surface area contributed by atoms with E-state index in [1.54, 1.807) is 0 Å². The number of anilines is 5. The highest BCUT2D eigenvalue weighted by atomic mass is 79.9. The highest BCUT2D eigenvalue weighted by Crippen LogP contribution is 2.72. The lowest BCUT2D eigenvalue weighted by Crippen LogP contribution is -2.23. The number of aromatic nitrogens is 2. The number of rotatable bonds is 7. The third-order valence-electron chi connectivity index (χ3n) is 22.9. The van der Waals surface area contributed by atoms with E-state index in [1.807, 2.05) is 18.2 Å². The molecule has 0 saturated carbocycles. The zero-order valence-electron chi connectivity index (χ0n) is 55.9. The molecule has 6 aliphatic carbocycles. The highest BCUT2D eigenvalue weighted by molar-refractivity contribution is 9.10. The lowest BCUT2D eigenvalue weighted by atomic mass is 9.73. The third-order valence-corrected chi connectivity index (χ3v) is 23.4. The van der Waals surface area contributed by atoms with E-state index in [1.165, 1.54) is 161 Å². The Bertz CT molecular complexity index is 6530. The van der Waals surface area contributed by atoms with Gasteiger partial charge in [0.05, 0.1) is 32.9 Å². The molecule has 0 fully saturated rings. The van der Waals surface area contributed by atoms with Gasteiger partial charge in [-0.2, -0.15) is 0 Å². The van der Waals surface area contributed by atoms with E-state index in [0.29, 0.717) is 0 Å². The molecule has 480 valence electrons. The van der Waals surface area contributed by atoms with E-state index >= 15 is 0 Å². The van der Waals surface area contributed by atoms with Crippen molar-refractivity contribution in [2.24, 2.45) is 0 Å². The van der Waals surface area contributed by atoms with Gasteiger partial charge in [0, 0.05) is 65.8 Å². The molecule has 0 aliphatic heterocycles. The molecule has 2 heterocycles. The van der Waals surface area contributed by atoms with Gasteiger partial charge in [-0.25, -0.2) is 0 Å². The average molecular weight is 1370 g/mol. The van der Waals surface area contributed by atoms with Crippen LogP contribution in [0.3, 0.4) is 0 Å². The first-order chi connectivity index (χ1) is 51.0. The van der Waals surface area contributed by atoms with Crippen LogP contribution in [0.1, 0.15) is 44.5 Å². The monoisotopic (exact) mass is 1370 g/mol. The van der Waals surface area contributed by atoms with Crippen LogP contribution in [0.15, 0.2) is 368 Å². The lowest BCUT2D eigenvalue weighted by Gasteiger charge is -2.30. The molecule has 0 bridgehead atoms. The summed E-state index contributed by atoms with van der Waals surface area (Å²) < 4.78 is 5.89. The van der Waals surface area contributed by atoms with E-state index in [9.17, 15) is 0 Å². The molecule has 0 saturated heterocycles. The summed E-state index contributed by atoms with van der Waals surface area (Å²) in [6.45, 7) is 0. The maximum absolute atomic E-state index is 3.73. The van der Waals surface area contributed by atoms with Crippen molar-refractivity contribution in [3.8, 4) is 78.1 Å². The Morgan fingerprint density at radius 2 is 0.592 bits per heavy atom. The van der Waals surface area contributed by atoms with Crippen molar-refractivity contribution in [1.29, 1.82) is 0 Å². The number of benzene rings is 16. The molecule has 0 radical (unpaired) electrons. The van der Waals surface area contributed by atoms with Crippen molar-refractivity contribution < 1.29 is 0 Å². The second-order valence-corrected chi connectivity index (χ2v) is 28.8. The fourth-order valence-corrected chi connectivity index (χ4v) is 19.5. The van der Waals surface area contributed by atoms with Gasteiger partial charge in [0.1, 0.15) is 0 Å². The molecular weight excluding hydrogens is 1310 g/mol. The van der Waals surface area contributed by atoms with Gasteiger partial charge in [-0.05, 0) is 220 Å². The lowest BCUT2D eigenvalue weighted by molar-refractivity contribution is 0.817. The van der Waals surface area contributed by atoms with Crippen molar-refractivity contribution in [1.82, 2.24) is 9.13 Å². The first-order valence-electron chi connectivity index (χ1n) is 35.6. The molecule has 5 heteroatoms. The van der Waals surface area contributed by atoms with E-state index in [2.05, 4.69) is 381 Å². The van der Waals surface area contributed by atoms with Crippen molar-refractivity contribution >= 4 is 88.0 Å². The number of halogens is 1. The average Bonchev–Trinajstić information content (AvgIpc) is 1.48. The van der Waals surface area contributed by atoms with Gasteiger partial charge in [0.25, 0.3) is 0 Å². The number of hydrogen-bond acceptors (Lipinski definition) is 2. The van der Waals surface area contributed by atoms with Crippen LogP contribution in [-0.4, -0.2) is 9.13 Å². The summed E-state index contributed by atoms with van der Waals surface area (Å²) in [5.41, 5.74) is 40.3. The van der Waals surface area contributed by atoms with Gasteiger partial charge in [-0.15, -0.1) is 0 Å². The molecule has 0 amide bonds. The standard InChI is InChI=1S/C49H30N2.C25H13Br.C24H18N2/c1-3-13-31(14-4-1)50(34-26-28-38-37-18-8-10-24-45(37)51(46(38)30-34)32-15-5-2-6-16-32)33-25-27-36-40-20-12-22-42-41-21-11-19-39-35-17-7-9-23-43(35)49(47(39)41,48(40)42)44(36)29-33;26-14-11-12-16-18-7-4-9-20-19-8-3-6-17-15-5-1-2-10-21(15)25(23(17)19,24(18)20)22(16)13-14;1-3-9-18(10-4-1)25-19-15-16-22-21-13-7-8-14-23(21)26(24(22)17-19)20-11-5-2-6-12-20/h1-30H;1-13H;1-17,25H. The second kappa shape index (κ2) is 22.1. The summed E-state index contributed by atoms with van der Waals surface area (Å²) in [7, 11) is 0. The topological polar surface area (TPSA) is 25.1 Å². The molecule has 24 rings (SSSR count). The summed E-state index contributed by atoms with van der Waals surface area (Å²) in [4.78, 5) is 2.44. The van der Waals surface area contributed by atoms with E-state index in [0.717, 1.165) is 38.6 Å². The van der Waals surface area contributed by atoms with Crippen LogP contribution < -0.4 is 10.2 Å². The largest absolute Gasteiger partial charge is 0.355 e. The zero-order chi connectivity index (χ0) is 67.7. The molecule has 2 aromatic heterocycles. The minimum Gasteiger partial charge on any atom is -0.355 e. The van der Waals surface area contributed by atoms with Crippen LogP contribution in [0.5, 0.6) is 0 Å². The molecule has 18 aromatic rings. The minimum absolute atomic E-state index is 0.145. The predicted molar refractivity (Wildman–Crippen MR) is 431 cm³/mol. The first kappa shape index (κ1) is 58.0. The Kier molecular flexibility index (Phi) is 12.5. The van der Waals surface area contributed by atoms with Crippen LogP contribution >= 0.6 is 15.9 Å². The molecule has 6 aliphatic rings. The molecule has 1 N–H and O–H groups in total. The summed E-state index contributed by atoms with van der Waals surface area (Å²) in [6, 6.07) is 133. The van der Waals surface area contributed by atoms with Crippen LogP contribution in [0.25, 0.3) is 122 Å². The molecule has 2 atom stereocenters. The van der Waals surface area contributed by atoms with Crippen molar-refractivity contribution in [2.75, 3.05) is 10.2 Å². The summed E-state index contributed by atoms with van der Waals surface area (Å²) in [6.07, 6.45) is 0. The van der Waals surface area contributed by atoms with Crippen molar-refractivity contribution in [3.05, 3.63) is 413 Å². The van der Waals surface area contributed by atoms with Crippen LogP contribution in [0.4, 0.5) is 28.4 Å². The predicted octanol–water partition coefficient (Wildman–Crippen LogP) is 25.9. The Balaban J connectivity index is 0.000000108. The number of nitrogens with zero attached hydrogens (tertiary/aromatic N) is 3. The van der Waals surface area contributed by atoms with E-state index < -0.39 is 0 Å². The maximum atomic E-state index is 3.73. The smallest absolute Gasteiger partial charge is 0.0738 e. The summed E-state index contributed by atoms with van der Waals surface area (Å²) >= 11 is 3.73.